The molecule has 0 spiro atoms. The molecular weight excluding hydrogens is 314 g/mol. The van der Waals surface area contributed by atoms with Gasteiger partial charge in [0.2, 0.25) is 5.95 Å². The van der Waals surface area contributed by atoms with E-state index < -0.39 is 5.60 Å². The zero-order valence-corrected chi connectivity index (χ0v) is 14.5. The van der Waals surface area contributed by atoms with Crippen LogP contribution in [0.2, 0.25) is 0 Å². The largest absolute Gasteiger partial charge is 0.384 e. The Bertz CT molecular complexity index is 665. The fourth-order valence-electron chi connectivity index (χ4n) is 4.08. The van der Waals surface area contributed by atoms with Crippen LogP contribution in [0.5, 0.6) is 0 Å². The molecule has 1 aliphatic heterocycles. The molecule has 1 aliphatic carbocycles. The maximum Gasteiger partial charge on any atom is 0.225 e. The summed E-state index contributed by atoms with van der Waals surface area (Å²) >= 11 is 0. The summed E-state index contributed by atoms with van der Waals surface area (Å²) in [6, 6.07) is 8.21. The lowest BCUT2D eigenvalue weighted by Crippen LogP contribution is -2.52. The minimum atomic E-state index is -0.753. The highest BCUT2D eigenvalue weighted by molar-refractivity contribution is 5.29. The topological polar surface area (TPSA) is 65.4 Å². The molecule has 1 N–H and O–H groups in total. The van der Waals surface area contributed by atoms with E-state index in [0.717, 1.165) is 63.5 Å². The van der Waals surface area contributed by atoms with Crippen molar-refractivity contribution >= 4 is 5.95 Å². The van der Waals surface area contributed by atoms with Gasteiger partial charge in [-0.05, 0) is 43.9 Å². The van der Waals surface area contributed by atoms with Gasteiger partial charge in [0, 0.05) is 50.8 Å². The summed E-state index contributed by atoms with van der Waals surface area (Å²) in [6.07, 6.45) is 8.99. The molecule has 0 radical (unpaired) electrons. The Labute approximate surface area is 148 Å². The number of anilines is 1. The van der Waals surface area contributed by atoms with Crippen LogP contribution in [0.15, 0.2) is 42.9 Å². The third kappa shape index (κ3) is 3.50. The van der Waals surface area contributed by atoms with E-state index in [4.69, 9.17) is 0 Å². The van der Waals surface area contributed by atoms with E-state index in [1.807, 2.05) is 24.3 Å². The second-order valence-electron chi connectivity index (χ2n) is 7.05. The van der Waals surface area contributed by atoms with Crippen LogP contribution < -0.4 is 4.90 Å². The van der Waals surface area contributed by atoms with Crippen molar-refractivity contribution in [3.8, 4) is 0 Å². The Morgan fingerprint density at radius 3 is 2.20 bits per heavy atom. The van der Waals surface area contributed by atoms with Crippen LogP contribution in [-0.4, -0.2) is 57.2 Å². The molecule has 0 amide bonds. The molecule has 0 unspecified atom stereocenters. The number of nitrogens with zero attached hydrogens (tertiary/aromatic N) is 5. The monoisotopic (exact) mass is 339 g/mol. The highest BCUT2D eigenvalue weighted by atomic mass is 16.3. The molecule has 2 aromatic rings. The first-order chi connectivity index (χ1) is 12.2. The maximum atomic E-state index is 10.9. The third-order valence-corrected chi connectivity index (χ3v) is 5.59. The molecule has 25 heavy (non-hydrogen) atoms. The molecule has 3 heterocycles. The summed E-state index contributed by atoms with van der Waals surface area (Å²) in [5.74, 6) is 0.829. The van der Waals surface area contributed by atoms with Gasteiger partial charge in [-0.2, -0.15) is 0 Å². The normalized spacial score (nSPS) is 28.0. The number of hydrogen-bond donors (Lipinski definition) is 1. The van der Waals surface area contributed by atoms with Crippen LogP contribution in [0.1, 0.15) is 31.4 Å². The average Bonchev–Trinajstić information content (AvgIpc) is 2.70. The SMILES string of the molecule is OC1(c2ccccn2)CCC(N2CCN(c3ncccn3)CC2)CC1. The predicted molar refractivity (Wildman–Crippen MR) is 96.2 cm³/mol. The van der Waals surface area contributed by atoms with Crippen LogP contribution in [0.3, 0.4) is 0 Å². The van der Waals surface area contributed by atoms with Crippen LogP contribution in [-0.2, 0) is 5.60 Å². The smallest absolute Gasteiger partial charge is 0.225 e. The Balaban J connectivity index is 1.32. The molecule has 1 saturated heterocycles. The number of piperazine rings is 1. The van der Waals surface area contributed by atoms with Crippen LogP contribution in [0, 0.1) is 0 Å². The van der Waals surface area contributed by atoms with Crippen molar-refractivity contribution < 1.29 is 5.11 Å². The van der Waals surface area contributed by atoms with E-state index in [0.29, 0.717) is 6.04 Å². The van der Waals surface area contributed by atoms with Crippen LogP contribution in [0.4, 0.5) is 5.95 Å². The second kappa shape index (κ2) is 7.06. The molecular formula is C19H25N5O. The highest BCUT2D eigenvalue weighted by Crippen LogP contribution is 2.37. The minimum absolute atomic E-state index is 0.558. The van der Waals surface area contributed by atoms with Gasteiger partial charge < -0.3 is 10.0 Å². The molecule has 1 saturated carbocycles. The summed E-state index contributed by atoms with van der Waals surface area (Å²) in [7, 11) is 0. The van der Waals surface area contributed by atoms with Crippen LogP contribution in [0.25, 0.3) is 0 Å². The molecule has 4 rings (SSSR count). The van der Waals surface area contributed by atoms with Gasteiger partial charge in [-0.1, -0.05) is 6.07 Å². The summed E-state index contributed by atoms with van der Waals surface area (Å²) in [5.41, 5.74) is 0.0665. The van der Waals surface area contributed by atoms with Gasteiger partial charge in [-0.25, -0.2) is 9.97 Å². The molecule has 6 nitrogen and oxygen atoms in total. The Morgan fingerprint density at radius 1 is 0.880 bits per heavy atom. The van der Waals surface area contributed by atoms with E-state index in [-0.39, 0.29) is 0 Å². The highest BCUT2D eigenvalue weighted by Gasteiger charge is 2.38. The summed E-state index contributed by atoms with van der Waals surface area (Å²) in [4.78, 5) is 17.9. The first kappa shape index (κ1) is 16.4. The van der Waals surface area contributed by atoms with Gasteiger partial charge >= 0.3 is 0 Å². The van der Waals surface area contributed by atoms with Crippen molar-refractivity contribution in [2.75, 3.05) is 31.1 Å². The van der Waals surface area contributed by atoms with Crippen LogP contribution >= 0.6 is 0 Å². The Hall–Kier alpha value is -2.05. The van der Waals surface area contributed by atoms with Gasteiger partial charge in [-0.3, -0.25) is 9.88 Å². The molecule has 2 fully saturated rings. The number of rotatable bonds is 3. The molecule has 132 valence electrons. The van der Waals surface area contributed by atoms with Gasteiger partial charge in [0.1, 0.15) is 5.60 Å². The Kier molecular flexibility index (Phi) is 4.63. The lowest BCUT2D eigenvalue weighted by Gasteiger charge is -2.44. The molecule has 0 aromatic carbocycles. The van der Waals surface area contributed by atoms with Gasteiger partial charge in [-0.15, -0.1) is 0 Å². The summed E-state index contributed by atoms with van der Waals surface area (Å²) in [5, 5.41) is 10.9. The molecule has 2 aliphatic rings. The van der Waals surface area contributed by atoms with E-state index in [9.17, 15) is 5.11 Å². The lowest BCUT2D eigenvalue weighted by molar-refractivity contribution is -0.0290. The number of pyridine rings is 1. The van der Waals surface area contributed by atoms with Crippen molar-refractivity contribution in [3.63, 3.8) is 0 Å². The maximum absolute atomic E-state index is 10.9. The second-order valence-corrected chi connectivity index (χ2v) is 7.05. The molecule has 0 atom stereocenters. The lowest BCUT2D eigenvalue weighted by atomic mass is 9.79. The first-order valence-electron chi connectivity index (χ1n) is 9.14. The fraction of sp³-hybridized carbons (Fsp3) is 0.526. The van der Waals surface area contributed by atoms with Crippen molar-refractivity contribution in [3.05, 3.63) is 48.5 Å². The predicted octanol–water partition coefficient (Wildman–Crippen LogP) is 1.82. The zero-order valence-electron chi connectivity index (χ0n) is 14.5. The molecule has 6 heteroatoms. The standard InChI is InChI=1S/C19H25N5O/c25-19(17-4-1-2-9-20-17)7-5-16(6-8-19)23-12-14-24(15-13-23)18-21-10-3-11-22-18/h1-4,9-11,16,25H,5-8,12-15H2. The minimum Gasteiger partial charge on any atom is -0.384 e. The van der Waals surface area contributed by atoms with E-state index in [1.54, 1.807) is 18.6 Å². The van der Waals surface area contributed by atoms with Crippen molar-refractivity contribution in [2.45, 2.75) is 37.3 Å². The quantitative estimate of drug-likeness (QED) is 0.920. The Morgan fingerprint density at radius 2 is 1.56 bits per heavy atom. The van der Waals surface area contributed by atoms with E-state index in [2.05, 4.69) is 24.8 Å². The van der Waals surface area contributed by atoms with Gasteiger partial charge in [0.25, 0.3) is 0 Å². The number of aromatic nitrogens is 3. The first-order valence-corrected chi connectivity index (χ1v) is 9.14. The average molecular weight is 339 g/mol. The van der Waals surface area contributed by atoms with E-state index in [1.165, 1.54) is 0 Å². The van der Waals surface area contributed by atoms with Crippen molar-refractivity contribution in [1.82, 2.24) is 19.9 Å². The summed E-state index contributed by atoms with van der Waals surface area (Å²) < 4.78 is 0. The number of hydrogen-bond acceptors (Lipinski definition) is 6. The van der Waals surface area contributed by atoms with Crippen molar-refractivity contribution in [1.29, 1.82) is 0 Å². The van der Waals surface area contributed by atoms with Crippen molar-refractivity contribution in [2.24, 2.45) is 0 Å². The molecule has 0 bridgehead atoms. The molecule has 2 aromatic heterocycles. The third-order valence-electron chi connectivity index (χ3n) is 5.59. The van der Waals surface area contributed by atoms with Gasteiger partial charge in [0.05, 0.1) is 5.69 Å². The number of aliphatic hydroxyl groups is 1. The summed E-state index contributed by atoms with van der Waals surface area (Å²) in [6.45, 7) is 3.99. The van der Waals surface area contributed by atoms with E-state index >= 15 is 0 Å². The zero-order chi connectivity index (χ0) is 17.1. The van der Waals surface area contributed by atoms with Gasteiger partial charge in [0.15, 0.2) is 0 Å². The fourth-order valence-corrected chi connectivity index (χ4v) is 4.08.